The SMILES string of the molecule is CCCCNC(=O)[C@H](C)C[C@H](O)[C@@H]1C[C@H](C)CCCC[C@@H](C)CCC(=O)N[C@@H](C)C(=O)N1. The van der Waals surface area contributed by atoms with E-state index >= 15 is 0 Å². The van der Waals surface area contributed by atoms with Gasteiger partial charge in [0.15, 0.2) is 0 Å². The second-order valence-corrected chi connectivity index (χ2v) is 10.0. The second-order valence-electron chi connectivity index (χ2n) is 10.0. The van der Waals surface area contributed by atoms with Gasteiger partial charge in [0.25, 0.3) is 0 Å². The van der Waals surface area contributed by atoms with Crippen molar-refractivity contribution in [3.63, 3.8) is 0 Å². The topological polar surface area (TPSA) is 108 Å². The Bertz CT molecular complexity index is 584. The van der Waals surface area contributed by atoms with Crippen LogP contribution in [0, 0.1) is 17.8 Å². The highest BCUT2D eigenvalue weighted by Gasteiger charge is 2.29. The maximum atomic E-state index is 12.8. The van der Waals surface area contributed by atoms with Crippen LogP contribution in [0.15, 0.2) is 0 Å². The van der Waals surface area contributed by atoms with E-state index in [0.29, 0.717) is 31.2 Å². The quantitative estimate of drug-likeness (QED) is 0.444. The van der Waals surface area contributed by atoms with Crippen LogP contribution in [0.3, 0.4) is 0 Å². The summed E-state index contributed by atoms with van der Waals surface area (Å²) < 4.78 is 0. The van der Waals surface area contributed by atoms with E-state index in [9.17, 15) is 19.5 Å². The summed E-state index contributed by atoms with van der Waals surface area (Å²) >= 11 is 0. The Kier molecular flexibility index (Phi) is 13.5. The van der Waals surface area contributed by atoms with Crippen LogP contribution in [-0.4, -0.2) is 47.6 Å². The zero-order valence-electron chi connectivity index (χ0n) is 20.9. The molecule has 3 amide bonds. The molecule has 1 rings (SSSR count). The molecule has 0 aromatic heterocycles. The minimum absolute atomic E-state index is 0.0660. The van der Waals surface area contributed by atoms with Crippen LogP contribution in [0.5, 0.6) is 0 Å². The van der Waals surface area contributed by atoms with Crippen molar-refractivity contribution >= 4 is 17.7 Å². The fraction of sp³-hybridized carbons (Fsp3) is 0.880. The molecule has 0 unspecified atom stereocenters. The van der Waals surface area contributed by atoms with Crippen molar-refractivity contribution in [2.24, 2.45) is 17.8 Å². The maximum absolute atomic E-state index is 12.8. The van der Waals surface area contributed by atoms with Gasteiger partial charge in [-0.25, -0.2) is 0 Å². The van der Waals surface area contributed by atoms with Gasteiger partial charge in [0.1, 0.15) is 6.04 Å². The summed E-state index contributed by atoms with van der Waals surface area (Å²) in [4.78, 5) is 37.3. The highest BCUT2D eigenvalue weighted by atomic mass is 16.3. The molecular formula is C25H47N3O4. The van der Waals surface area contributed by atoms with E-state index in [1.165, 1.54) is 0 Å². The Morgan fingerprint density at radius 1 is 1.09 bits per heavy atom. The van der Waals surface area contributed by atoms with Gasteiger partial charge in [-0.15, -0.1) is 0 Å². The molecule has 1 aliphatic heterocycles. The summed E-state index contributed by atoms with van der Waals surface area (Å²) in [5, 5.41) is 19.6. The number of aliphatic hydroxyl groups is 1. The maximum Gasteiger partial charge on any atom is 0.242 e. The van der Waals surface area contributed by atoms with E-state index in [4.69, 9.17) is 0 Å². The first kappa shape index (κ1) is 28.4. The van der Waals surface area contributed by atoms with Crippen LogP contribution in [0.25, 0.3) is 0 Å². The molecule has 1 aliphatic rings. The van der Waals surface area contributed by atoms with Gasteiger partial charge in [-0.3, -0.25) is 14.4 Å². The summed E-state index contributed by atoms with van der Waals surface area (Å²) in [6.45, 7) is 10.5. The number of unbranched alkanes of at least 4 members (excludes halogenated alkanes) is 1. The summed E-state index contributed by atoms with van der Waals surface area (Å²) in [6, 6.07) is -1.12. The van der Waals surface area contributed by atoms with Crippen LogP contribution >= 0.6 is 0 Å². The average molecular weight is 454 g/mol. The van der Waals surface area contributed by atoms with Crippen LogP contribution in [0.2, 0.25) is 0 Å². The third-order valence-corrected chi connectivity index (χ3v) is 6.60. The molecule has 32 heavy (non-hydrogen) atoms. The van der Waals surface area contributed by atoms with E-state index in [2.05, 4.69) is 36.7 Å². The lowest BCUT2D eigenvalue weighted by molar-refractivity contribution is -0.130. The Morgan fingerprint density at radius 2 is 1.75 bits per heavy atom. The monoisotopic (exact) mass is 453 g/mol. The van der Waals surface area contributed by atoms with Crippen molar-refractivity contribution in [3.05, 3.63) is 0 Å². The molecule has 0 radical (unpaired) electrons. The summed E-state index contributed by atoms with van der Waals surface area (Å²) in [5.41, 5.74) is 0. The normalized spacial score (nSPS) is 28.4. The first-order valence-electron chi connectivity index (χ1n) is 12.7. The molecule has 1 saturated heterocycles. The van der Waals surface area contributed by atoms with Crippen molar-refractivity contribution < 1.29 is 19.5 Å². The van der Waals surface area contributed by atoms with E-state index in [1.54, 1.807) is 6.92 Å². The molecule has 6 atom stereocenters. The molecule has 7 nitrogen and oxygen atoms in total. The Hall–Kier alpha value is -1.63. The van der Waals surface area contributed by atoms with E-state index in [0.717, 1.165) is 44.9 Å². The number of rotatable bonds is 7. The molecule has 1 fully saturated rings. The van der Waals surface area contributed by atoms with Crippen molar-refractivity contribution in [1.82, 2.24) is 16.0 Å². The third-order valence-electron chi connectivity index (χ3n) is 6.60. The fourth-order valence-electron chi connectivity index (χ4n) is 4.25. The predicted octanol–water partition coefficient (Wildman–Crippen LogP) is 3.30. The van der Waals surface area contributed by atoms with Gasteiger partial charge >= 0.3 is 0 Å². The molecule has 0 bridgehead atoms. The largest absolute Gasteiger partial charge is 0.391 e. The fourth-order valence-corrected chi connectivity index (χ4v) is 4.25. The van der Waals surface area contributed by atoms with E-state index in [1.807, 2.05) is 6.92 Å². The molecule has 7 heteroatoms. The van der Waals surface area contributed by atoms with Gasteiger partial charge < -0.3 is 21.1 Å². The zero-order valence-corrected chi connectivity index (χ0v) is 20.9. The van der Waals surface area contributed by atoms with Crippen LogP contribution < -0.4 is 16.0 Å². The molecule has 0 aromatic carbocycles. The van der Waals surface area contributed by atoms with E-state index in [-0.39, 0.29) is 30.1 Å². The van der Waals surface area contributed by atoms with Crippen LogP contribution in [-0.2, 0) is 14.4 Å². The second kappa shape index (κ2) is 15.3. The lowest BCUT2D eigenvalue weighted by Crippen LogP contribution is -2.52. The Morgan fingerprint density at radius 3 is 2.41 bits per heavy atom. The summed E-state index contributed by atoms with van der Waals surface area (Å²) in [6.07, 6.45) is 7.65. The van der Waals surface area contributed by atoms with Gasteiger partial charge in [0, 0.05) is 18.9 Å². The lowest BCUT2D eigenvalue weighted by Gasteiger charge is -2.29. The zero-order chi connectivity index (χ0) is 24.1. The van der Waals surface area contributed by atoms with Crippen molar-refractivity contribution in [2.75, 3.05) is 6.54 Å². The number of amides is 3. The highest BCUT2D eigenvalue weighted by Crippen LogP contribution is 2.22. The molecule has 0 aliphatic carbocycles. The first-order valence-corrected chi connectivity index (χ1v) is 12.7. The van der Waals surface area contributed by atoms with Gasteiger partial charge in [-0.1, -0.05) is 59.8 Å². The summed E-state index contributed by atoms with van der Waals surface area (Å²) in [5.74, 6) is 0.0154. The first-order chi connectivity index (χ1) is 15.1. The van der Waals surface area contributed by atoms with Gasteiger partial charge in [-0.2, -0.15) is 0 Å². The Labute approximate surface area is 194 Å². The smallest absolute Gasteiger partial charge is 0.242 e. The van der Waals surface area contributed by atoms with E-state index < -0.39 is 18.2 Å². The minimum Gasteiger partial charge on any atom is -0.391 e. The minimum atomic E-state index is -0.827. The average Bonchev–Trinajstić information content (AvgIpc) is 2.74. The van der Waals surface area contributed by atoms with Gasteiger partial charge in [-0.05, 0) is 44.4 Å². The Balaban J connectivity index is 2.82. The molecule has 186 valence electrons. The molecule has 0 spiro atoms. The highest BCUT2D eigenvalue weighted by molar-refractivity contribution is 5.87. The molecule has 0 saturated carbocycles. The van der Waals surface area contributed by atoms with Gasteiger partial charge in [0.05, 0.1) is 12.1 Å². The third kappa shape index (κ3) is 11.3. The predicted molar refractivity (Wildman–Crippen MR) is 128 cm³/mol. The van der Waals surface area contributed by atoms with Crippen molar-refractivity contribution in [2.45, 2.75) is 117 Å². The number of carbonyl (C=O) groups excluding carboxylic acids is 3. The number of aliphatic hydroxyl groups excluding tert-OH is 1. The standard InChI is InChI=1S/C25H47N3O4/c1-6-7-14-26-24(31)19(4)16-22(29)21-15-18(3)11-9-8-10-17(2)12-13-23(30)27-20(5)25(32)28-21/h17-22,29H,6-16H2,1-5H3,(H,26,31)(H,27,30)(H,28,32)/t17-,18-,19-,20+,21+,22+/m1/s1. The number of carbonyl (C=O) groups is 3. The summed E-state index contributed by atoms with van der Waals surface area (Å²) in [7, 11) is 0. The molecule has 0 aromatic rings. The van der Waals surface area contributed by atoms with Crippen molar-refractivity contribution in [3.8, 4) is 0 Å². The number of nitrogens with one attached hydrogen (secondary N) is 3. The molecular weight excluding hydrogens is 406 g/mol. The van der Waals surface area contributed by atoms with Crippen LogP contribution in [0.1, 0.15) is 98.8 Å². The molecule has 4 N–H and O–H groups in total. The number of hydrogen-bond donors (Lipinski definition) is 4. The molecule has 1 heterocycles. The number of hydrogen-bond acceptors (Lipinski definition) is 4. The van der Waals surface area contributed by atoms with Crippen LogP contribution in [0.4, 0.5) is 0 Å². The lowest BCUT2D eigenvalue weighted by atomic mass is 9.89. The van der Waals surface area contributed by atoms with Crippen molar-refractivity contribution in [1.29, 1.82) is 0 Å². The van der Waals surface area contributed by atoms with Gasteiger partial charge in [0.2, 0.25) is 17.7 Å².